The van der Waals surface area contributed by atoms with Gasteiger partial charge in [0, 0.05) is 6.42 Å². The Bertz CT molecular complexity index is 156. The highest BCUT2D eigenvalue weighted by molar-refractivity contribution is 7.84. The van der Waals surface area contributed by atoms with E-state index < -0.39 is 4.21 Å². The van der Waals surface area contributed by atoms with Gasteiger partial charge in [-0.25, -0.2) is 0 Å². The molecule has 1 rings (SSSR count). The van der Waals surface area contributed by atoms with Gasteiger partial charge in [-0.3, -0.25) is 4.79 Å². The van der Waals surface area contributed by atoms with E-state index in [0.29, 0.717) is 6.42 Å². The number of thiol groups is 1. The Kier molecular flexibility index (Phi) is 2.31. The van der Waals surface area contributed by atoms with Crippen molar-refractivity contribution in [3.8, 4) is 0 Å². The SMILES string of the molecule is CC1CCCC(=O)C1(S)Cl. The second-order valence-electron chi connectivity index (χ2n) is 2.89. The molecule has 1 saturated carbocycles. The number of Topliss-reactive ketones (excluding diaryl/α,β-unsaturated/α-hetero) is 1. The van der Waals surface area contributed by atoms with Crippen molar-refractivity contribution in [2.45, 2.75) is 30.4 Å². The van der Waals surface area contributed by atoms with Gasteiger partial charge < -0.3 is 0 Å². The maximum absolute atomic E-state index is 11.1. The number of rotatable bonds is 0. The van der Waals surface area contributed by atoms with Crippen molar-refractivity contribution in [1.82, 2.24) is 0 Å². The summed E-state index contributed by atoms with van der Waals surface area (Å²) >= 11 is 10.0. The Balaban J connectivity index is 2.73. The van der Waals surface area contributed by atoms with Crippen molar-refractivity contribution >= 4 is 30.0 Å². The molecule has 0 heterocycles. The van der Waals surface area contributed by atoms with Crippen molar-refractivity contribution in [3.63, 3.8) is 0 Å². The highest BCUT2D eigenvalue weighted by Gasteiger charge is 2.39. The van der Waals surface area contributed by atoms with Gasteiger partial charge in [0.1, 0.15) is 4.21 Å². The Morgan fingerprint density at radius 1 is 1.80 bits per heavy atom. The minimum Gasteiger partial charge on any atom is -0.297 e. The summed E-state index contributed by atoms with van der Waals surface area (Å²) in [6.07, 6.45) is 2.57. The quantitative estimate of drug-likeness (QED) is 0.445. The molecule has 2 atom stereocenters. The van der Waals surface area contributed by atoms with Crippen LogP contribution in [0.15, 0.2) is 0 Å². The van der Waals surface area contributed by atoms with Crippen LogP contribution in [0.5, 0.6) is 0 Å². The number of halogens is 1. The van der Waals surface area contributed by atoms with Gasteiger partial charge in [-0.15, -0.1) is 12.6 Å². The van der Waals surface area contributed by atoms with Crippen molar-refractivity contribution in [2.24, 2.45) is 5.92 Å². The van der Waals surface area contributed by atoms with E-state index in [4.69, 9.17) is 11.6 Å². The smallest absolute Gasteiger partial charge is 0.163 e. The molecule has 0 aromatic carbocycles. The fraction of sp³-hybridized carbons (Fsp3) is 0.857. The van der Waals surface area contributed by atoms with Gasteiger partial charge in [-0.05, 0) is 18.8 Å². The molecule has 0 aliphatic heterocycles. The molecule has 0 bridgehead atoms. The van der Waals surface area contributed by atoms with E-state index in [9.17, 15) is 4.79 Å². The number of carbonyl (C=O) groups is 1. The topological polar surface area (TPSA) is 17.1 Å². The number of carbonyl (C=O) groups excluding carboxylic acids is 1. The van der Waals surface area contributed by atoms with Crippen LogP contribution >= 0.6 is 24.2 Å². The monoisotopic (exact) mass is 178 g/mol. The maximum atomic E-state index is 11.1. The lowest BCUT2D eigenvalue weighted by Crippen LogP contribution is -2.37. The average Bonchev–Trinajstić information content (AvgIpc) is 1.84. The van der Waals surface area contributed by atoms with E-state index in [-0.39, 0.29) is 11.7 Å². The normalized spacial score (nSPS) is 41.9. The zero-order chi connectivity index (χ0) is 7.78. The molecule has 0 saturated heterocycles. The third-order valence-corrected chi connectivity index (χ3v) is 3.36. The number of hydrogen-bond donors (Lipinski definition) is 1. The van der Waals surface area contributed by atoms with Gasteiger partial charge in [-0.1, -0.05) is 18.5 Å². The van der Waals surface area contributed by atoms with Crippen LogP contribution < -0.4 is 0 Å². The number of alkyl halides is 1. The van der Waals surface area contributed by atoms with Gasteiger partial charge in [0.25, 0.3) is 0 Å². The first kappa shape index (κ1) is 8.41. The maximum Gasteiger partial charge on any atom is 0.163 e. The lowest BCUT2D eigenvalue weighted by Gasteiger charge is -2.31. The summed E-state index contributed by atoms with van der Waals surface area (Å²) in [5.41, 5.74) is 0. The predicted octanol–water partition coefficient (Wildman–Crippen LogP) is 2.24. The van der Waals surface area contributed by atoms with Crippen LogP contribution in [0.1, 0.15) is 26.2 Å². The van der Waals surface area contributed by atoms with Gasteiger partial charge in [0.2, 0.25) is 0 Å². The Morgan fingerprint density at radius 3 is 2.80 bits per heavy atom. The first-order chi connectivity index (χ1) is 4.55. The molecule has 58 valence electrons. The molecule has 1 aliphatic rings. The number of ketones is 1. The molecule has 0 aromatic heterocycles. The minimum absolute atomic E-state index is 0.0799. The molecule has 0 amide bonds. The van der Waals surface area contributed by atoms with Gasteiger partial charge in [0.15, 0.2) is 5.78 Å². The van der Waals surface area contributed by atoms with Crippen LogP contribution in [0.2, 0.25) is 0 Å². The minimum atomic E-state index is -0.877. The fourth-order valence-electron chi connectivity index (χ4n) is 1.21. The summed E-state index contributed by atoms with van der Waals surface area (Å²) in [6.45, 7) is 1.97. The predicted molar refractivity (Wildman–Crippen MR) is 45.6 cm³/mol. The molecule has 1 nitrogen and oxygen atoms in total. The summed E-state index contributed by atoms with van der Waals surface area (Å²) in [5, 5.41) is 0. The summed E-state index contributed by atoms with van der Waals surface area (Å²) < 4.78 is -0.877. The average molecular weight is 179 g/mol. The van der Waals surface area contributed by atoms with Crippen molar-refractivity contribution in [3.05, 3.63) is 0 Å². The van der Waals surface area contributed by atoms with E-state index in [1.165, 1.54) is 0 Å². The molecule has 1 aliphatic carbocycles. The first-order valence-electron chi connectivity index (χ1n) is 3.49. The lowest BCUT2D eigenvalue weighted by atomic mass is 9.89. The highest BCUT2D eigenvalue weighted by atomic mass is 35.5. The van der Waals surface area contributed by atoms with Crippen LogP contribution in [0.4, 0.5) is 0 Å². The summed E-state index contributed by atoms with van der Waals surface area (Å²) in [6, 6.07) is 0. The third kappa shape index (κ3) is 1.32. The van der Waals surface area contributed by atoms with Crippen molar-refractivity contribution < 1.29 is 4.79 Å². The number of hydrogen-bond acceptors (Lipinski definition) is 2. The molecule has 0 aromatic rings. The molecule has 0 spiro atoms. The molecule has 1 fully saturated rings. The third-order valence-electron chi connectivity index (χ3n) is 2.09. The van der Waals surface area contributed by atoms with Crippen LogP contribution in [0.3, 0.4) is 0 Å². The lowest BCUT2D eigenvalue weighted by molar-refractivity contribution is -0.121. The Hall–Kier alpha value is 0.310. The first-order valence-corrected chi connectivity index (χ1v) is 4.32. The highest BCUT2D eigenvalue weighted by Crippen LogP contribution is 2.39. The second-order valence-corrected chi connectivity index (χ2v) is 4.45. The van der Waals surface area contributed by atoms with Crippen LogP contribution in [-0.4, -0.2) is 9.99 Å². The molecule has 0 radical (unpaired) electrons. The molecular formula is C7H11ClOS. The largest absolute Gasteiger partial charge is 0.297 e. The molecular weight excluding hydrogens is 168 g/mol. The van der Waals surface area contributed by atoms with E-state index in [1.807, 2.05) is 6.92 Å². The van der Waals surface area contributed by atoms with Gasteiger partial charge >= 0.3 is 0 Å². The van der Waals surface area contributed by atoms with Crippen LogP contribution in [-0.2, 0) is 4.79 Å². The standard InChI is InChI=1S/C7H11ClOS/c1-5-3-2-4-6(9)7(5,8)10/h5,10H,2-4H2,1H3. The van der Waals surface area contributed by atoms with Crippen LogP contribution in [0.25, 0.3) is 0 Å². The van der Waals surface area contributed by atoms with Gasteiger partial charge in [-0.2, -0.15) is 0 Å². The van der Waals surface area contributed by atoms with E-state index in [0.717, 1.165) is 12.8 Å². The van der Waals surface area contributed by atoms with Crippen molar-refractivity contribution in [1.29, 1.82) is 0 Å². The summed E-state index contributed by atoms with van der Waals surface area (Å²) in [4.78, 5) is 11.1. The fourth-order valence-corrected chi connectivity index (χ4v) is 1.65. The van der Waals surface area contributed by atoms with E-state index in [1.54, 1.807) is 0 Å². The molecule has 3 heteroatoms. The molecule has 2 unspecified atom stereocenters. The molecule has 10 heavy (non-hydrogen) atoms. The van der Waals surface area contributed by atoms with E-state index in [2.05, 4.69) is 12.6 Å². The summed E-state index contributed by atoms with van der Waals surface area (Å²) in [7, 11) is 0. The van der Waals surface area contributed by atoms with E-state index >= 15 is 0 Å². The zero-order valence-electron chi connectivity index (χ0n) is 5.93. The van der Waals surface area contributed by atoms with Crippen LogP contribution in [0, 0.1) is 5.92 Å². The second kappa shape index (κ2) is 2.74. The zero-order valence-corrected chi connectivity index (χ0v) is 7.58. The van der Waals surface area contributed by atoms with Crippen molar-refractivity contribution in [2.75, 3.05) is 0 Å². The molecule has 0 N–H and O–H groups in total. The van der Waals surface area contributed by atoms with Gasteiger partial charge in [0.05, 0.1) is 0 Å². The Morgan fingerprint density at radius 2 is 2.40 bits per heavy atom. The Labute approximate surface area is 71.5 Å². The summed E-state index contributed by atoms with van der Waals surface area (Å²) in [5.74, 6) is 0.287.